The number of piperidine rings is 3. The molecule has 0 aromatic heterocycles. The number of hydrogen-bond acceptors (Lipinski definition) is 5. The van der Waals surface area contributed by atoms with Crippen molar-refractivity contribution >= 4 is 9.84 Å². The minimum Gasteiger partial charge on any atom is -0.329 e. The highest BCUT2D eigenvalue weighted by Crippen LogP contribution is 2.38. The monoisotopic (exact) mass is 275 g/mol. The van der Waals surface area contributed by atoms with Gasteiger partial charge in [-0.25, -0.2) is 8.42 Å². The van der Waals surface area contributed by atoms with Gasteiger partial charge in [0.1, 0.15) is 9.84 Å². The summed E-state index contributed by atoms with van der Waals surface area (Å²) in [7, 11) is -0.874. The van der Waals surface area contributed by atoms with Crippen LogP contribution in [0.25, 0.3) is 0 Å². The molecule has 0 aromatic rings. The van der Waals surface area contributed by atoms with Crippen LogP contribution in [-0.2, 0) is 9.84 Å². The fourth-order valence-electron chi connectivity index (χ4n) is 3.49. The summed E-state index contributed by atoms with van der Waals surface area (Å²) in [4.78, 5) is 4.66. The molecule has 3 heterocycles. The van der Waals surface area contributed by atoms with E-state index in [0.717, 1.165) is 6.54 Å². The quantitative estimate of drug-likeness (QED) is 0.725. The lowest BCUT2D eigenvalue weighted by Gasteiger charge is -2.57. The molecule has 106 valence electrons. The van der Waals surface area contributed by atoms with Crippen LogP contribution in [0.5, 0.6) is 0 Å². The molecule has 0 saturated carbocycles. The molecule has 18 heavy (non-hydrogen) atoms. The average Bonchev–Trinajstić information content (AvgIpc) is 2.36. The average molecular weight is 275 g/mol. The van der Waals surface area contributed by atoms with Gasteiger partial charge in [0.2, 0.25) is 0 Å². The normalized spacial score (nSPS) is 36.2. The van der Waals surface area contributed by atoms with Crippen molar-refractivity contribution in [1.29, 1.82) is 0 Å². The maximum atomic E-state index is 11.3. The van der Waals surface area contributed by atoms with Crippen molar-refractivity contribution in [3.63, 3.8) is 0 Å². The van der Waals surface area contributed by atoms with E-state index in [2.05, 4.69) is 9.80 Å². The fourth-order valence-corrected chi connectivity index (χ4v) is 4.10. The molecule has 2 N–H and O–H groups in total. The Bertz CT molecular complexity index is 390. The second-order valence-corrected chi connectivity index (χ2v) is 8.17. The zero-order chi connectivity index (χ0) is 13.4. The van der Waals surface area contributed by atoms with Gasteiger partial charge in [0.05, 0.1) is 5.75 Å². The maximum absolute atomic E-state index is 11.3. The van der Waals surface area contributed by atoms with Gasteiger partial charge in [-0.3, -0.25) is 4.90 Å². The highest BCUT2D eigenvalue weighted by atomic mass is 32.2. The van der Waals surface area contributed by atoms with Crippen molar-refractivity contribution in [3.05, 3.63) is 0 Å². The summed E-state index contributed by atoms with van der Waals surface area (Å²) in [6, 6.07) is 0. The van der Waals surface area contributed by atoms with Crippen molar-refractivity contribution in [2.24, 2.45) is 11.7 Å². The Kier molecular flexibility index (Phi) is 4.02. The minimum atomic E-state index is -2.90. The van der Waals surface area contributed by atoms with Crippen LogP contribution in [-0.4, -0.2) is 75.5 Å². The van der Waals surface area contributed by atoms with Gasteiger partial charge in [-0.1, -0.05) is 0 Å². The number of fused-ring (bicyclic) bond motifs is 3. The van der Waals surface area contributed by atoms with Crippen LogP contribution >= 0.6 is 0 Å². The summed E-state index contributed by atoms with van der Waals surface area (Å²) in [6.45, 7) is 4.54. The van der Waals surface area contributed by atoms with Gasteiger partial charge in [0.15, 0.2) is 0 Å². The van der Waals surface area contributed by atoms with E-state index in [1.807, 2.05) is 7.05 Å². The summed E-state index contributed by atoms with van der Waals surface area (Å²) in [5.41, 5.74) is 6.03. The fraction of sp³-hybridized carbons (Fsp3) is 1.00. The Balaban J connectivity index is 2.07. The third kappa shape index (κ3) is 2.71. The molecule has 1 unspecified atom stereocenters. The molecule has 0 spiro atoms. The summed E-state index contributed by atoms with van der Waals surface area (Å²) in [5, 5.41) is 0. The van der Waals surface area contributed by atoms with Crippen molar-refractivity contribution in [2.45, 2.75) is 18.4 Å². The summed E-state index contributed by atoms with van der Waals surface area (Å²) < 4.78 is 22.6. The Hall–Kier alpha value is -0.170. The molecule has 2 bridgehead atoms. The van der Waals surface area contributed by atoms with Gasteiger partial charge in [-0.05, 0) is 38.9 Å². The van der Waals surface area contributed by atoms with Crippen LogP contribution < -0.4 is 5.73 Å². The molecule has 3 aliphatic heterocycles. The minimum absolute atomic E-state index is 0.0127. The van der Waals surface area contributed by atoms with E-state index in [0.29, 0.717) is 19.0 Å². The smallest absolute Gasteiger partial charge is 0.148 e. The molecule has 0 amide bonds. The number of hydrogen-bond donors (Lipinski definition) is 1. The van der Waals surface area contributed by atoms with Crippen molar-refractivity contribution in [1.82, 2.24) is 9.80 Å². The van der Waals surface area contributed by atoms with E-state index in [1.54, 1.807) is 0 Å². The molecule has 3 rings (SSSR count). The van der Waals surface area contributed by atoms with Gasteiger partial charge in [0.25, 0.3) is 0 Å². The van der Waals surface area contributed by atoms with Crippen molar-refractivity contribution in [3.8, 4) is 0 Å². The van der Waals surface area contributed by atoms with E-state index in [-0.39, 0.29) is 11.3 Å². The van der Waals surface area contributed by atoms with Crippen molar-refractivity contribution < 1.29 is 8.42 Å². The van der Waals surface area contributed by atoms with Crippen LogP contribution in [0, 0.1) is 5.92 Å². The highest BCUT2D eigenvalue weighted by Gasteiger charge is 2.48. The molecule has 6 heteroatoms. The number of rotatable bonds is 5. The summed E-state index contributed by atoms with van der Waals surface area (Å²) in [5.74, 6) is 0.842. The van der Waals surface area contributed by atoms with Crippen LogP contribution in [0.15, 0.2) is 0 Å². The topological polar surface area (TPSA) is 66.6 Å². The lowest BCUT2D eigenvalue weighted by atomic mass is 9.72. The van der Waals surface area contributed by atoms with Crippen LogP contribution in [0.4, 0.5) is 0 Å². The third-order valence-electron chi connectivity index (χ3n) is 4.76. The largest absolute Gasteiger partial charge is 0.329 e. The number of likely N-dealkylation sites (N-methyl/N-ethyl adjacent to an activating group) is 1. The van der Waals surface area contributed by atoms with Gasteiger partial charge in [-0.2, -0.15) is 0 Å². The number of sulfone groups is 1. The van der Waals surface area contributed by atoms with Crippen LogP contribution in [0.2, 0.25) is 0 Å². The van der Waals surface area contributed by atoms with Gasteiger partial charge >= 0.3 is 0 Å². The summed E-state index contributed by atoms with van der Waals surface area (Å²) in [6.07, 6.45) is 3.69. The molecular weight excluding hydrogens is 250 g/mol. The molecule has 0 aliphatic carbocycles. The van der Waals surface area contributed by atoms with E-state index in [4.69, 9.17) is 5.73 Å². The Morgan fingerprint density at radius 1 is 1.39 bits per heavy atom. The van der Waals surface area contributed by atoms with E-state index in [1.165, 1.54) is 32.2 Å². The zero-order valence-electron chi connectivity index (χ0n) is 11.4. The molecule has 0 radical (unpaired) electrons. The Morgan fingerprint density at radius 2 is 2.00 bits per heavy atom. The lowest BCUT2D eigenvalue weighted by molar-refractivity contribution is -0.0536. The first kappa shape index (κ1) is 14.2. The predicted octanol–water partition coefficient (Wildman–Crippen LogP) is -0.614. The molecule has 1 atom stereocenters. The molecule has 3 saturated heterocycles. The molecule has 0 aromatic carbocycles. The number of nitrogens with zero attached hydrogens (tertiary/aromatic N) is 2. The van der Waals surface area contributed by atoms with E-state index < -0.39 is 9.84 Å². The second kappa shape index (κ2) is 5.07. The Morgan fingerprint density at radius 3 is 2.39 bits per heavy atom. The van der Waals surface area contributed by atoms with Crippen molar-refractivity contribution in [2.75, 3.05) is 51.8 Å². The summed E-state index contributed by atoms with van der Waals surface area (Å²) >= 11 is 0. The van der Waals surface area contributed by atoms with Gasteiger partial charge < -0.3 is 10.6 Å². The zero-order valence-corrected chi connectivity index (χ0v) is 12.2. The molecule has 3 aliphatic rings. The third-order valence-corrected chi connectivity index (χ3v) is 5.68. The first-order valence-corrected chi connectivity index (χ1v) is 8.75. The second-order valence-electron chi connectivity index (χ2n) is 5.91. The molecule has 5 nitrogen and oxygen atoms in total. The lowest BCUT2D eigenvalue weighted by Crippen LogP contribution is -2.69. The standard InChI is InChI=1S/C12H25N3O2S/c1-14(7-8-18(2,16)17)12(9-13)10-15-5-3-11(12)4-6-15/h11H,3-10,13H2,1-2H3. The van der Waals surface area contributed by atoms with Crippen LogP contribution in [0.1, 0.15) is 12.8 Å². The van der Waals surface area contributed by atoms with Gasteiger partial charge in [-0.15, -0.1) is 0 Å². The van der Waals surface area contributed by atoms with Gasteiger partial charge in [0, 0.05) is 31.4 Å². The predicted molar refractivity (Wildman–Crippen MR) is 73.3 cm³/mol. The van der Waals surface area contributed by atoms with E-state index in [9.17, 15) is 8.42 Å². The maximum Gasteiger partial charge on any atom is 0.148 e. The Labute approximate surface area is 110 Å². The van der Waals surface area contributed by atoms with Crippen LogP contribution in [0.3, 0.4) is 0 Å². The first-order valence-electron chi connectivity index (χ1n) is 6.69. The number of nitrogens with two attached hydrogens (primary N) is 1. The molecular formula is C12H25N3O2S. The first-order chi connectivity index (χ1) is 8.37. The SMILES string of the molecule is CN(CCS(C)(=O)=O)C1(CN)CN2CCC1CC2. The highest BCUT2D eigenvalue weighted by molar-refractivity contribution is 7.90. The van der Waals surface area contributed by atoms with E-state index >= 15 is 0 Å². The molecule has 3 fully saturated rings.